The third-order valence-corrected chi connectivity index (χ3v) is 3.08. The summed E-state index contributed by atoms with van der Waals surface area (Å²) in [5.74, 6) is 0.0952. The third-order valence-electron chi connectivity index (χ3n) is 3.08. The molecule has 0 unspecified atom stereocenters. The van der Waals surface area contributed by atoms with Gasteiger partial charge in [-0.25, -0.2) is 0 Å². The molecular formula is C13H27N3O. The highest BCUT2D eigenvalue weighted by Gasteiger charge is 2.19. The molecule has 1 amide bonds. The molecular weight excluding hydrogens is 214 g/mol. The van der Waals surface area contributed by atoms with Crippen molar-refractivity contribution < 1.29 is 4.79 Å². The molecule has 0 spiro atoms. The zero-order chi connectivity index (χ0) is 12.9. The van der Waals surface area contributed by atoms with Gasteiger partial charge in [-0.2, -0.15) is 0 Å². The topological polar surface area (TPSA) is 44.4 Å². The molecule has 1 saturated heterocycles. The minimum Gasteiger partial charge on any atom is -0.354 e. The van der Waals surface area contributed by atoms with Gasteiger partial charge in [0.1, 0.15) is 0 Å². The molecule has 0 saturated carbocycles. The molecule has 0 aromatic carbocycles. The number of rotatable bonds is 4. The lowest BCUT2D eigenvalue weighted by Crippen LogP contribution is -2.47. The van der Waals surface area contributed by atoms with E-state index in [9.17, 15) is 4.79 Å². The predicted molar refractivity (Wildman–Crippen MR) is 71.0 cm³/mol. The first-order valence-corrected chi connectivity index (χ1v) is 6.61. The van der Waals surface area contributed by atoms with Crippen molar-refractivity contribution in [3.8, 4) is 0 Å². The van der Waals surface area contributed by atoms with Gasteiger partial charge in [0.25, 0.3) is 0 Å². The molecule has 0 aliphatic carbocycles. The van der Waals surface area contributed by atoms with Crippen LogP contribution in [0.1, 0.15) is 40.5 Å². The van der Waals surface area contributed by atoms with Gasteiger partial charge in [0.2, 0.25) is 5.91 Å². The molecule has 0 atom stereocenters. The van der Waals surface area contributed by atoms with E-state index < -0.39 is 0 Å². The number of hydrogen-bond acceptors (Lipinski definition) is 3. The Morgan fingerprint density at radius 3 is 2.35 bits per heavy atom. The molecule has 1 rings (SSSR count). The number of nitrogens with one attached hydrogen (secondary N) is 2. The monoisotopic (exact) mass is 241 g/mol. The fraction of sp³-hybridized carbons (Fsp3) is 0.923. The summed E-state index contributed by atoms with van der Waals surface area (Å²) in [6.07, 6.45) is 2.16. The second-order valence-corrected chi connectivity index (χ2v) is 5.99. The molecule has 1 aliphatic heterocycles. The SMILES string of the molecule is CC(=O)NC1CCN(CCNC(C)(C)C)CC1. The molecule has 100 valence electrons. The Labute approximate surface area is 105 Å². The first kappa shape index (κ1) is 14.5. The number of carbonyl (C=O) groups excluding carboxylic acids is 1. The highest BCUT2D eigenvalue weighted by molar-refractivity contribution is 5.73. The van der Waals surface area contributed by atoms with Crippen molar-refractivity contribution in [1.29, 1.82) is 0 Å². The summed E-state index contributed by atoms with van der Waals surface area (Å²) in [5, 5.41) is 6.50. The molecule has 17 heavy (non-hydrogen) atoms. The zero-order valence-corrected chi connectivity index (χ0v) is 11.7. The Morgan fingerprint density at radius 2 is 1.88 bits per heavy atom. The molecule has 0 aromatic heterocycles. The molecule has 1 fully saturated rings. The number of nitrogens with zero attached hydrogens (tertiary/aromatic N) is 1. The van der Waals surface area contributed by atoms with Crippen LogP contribution in [0.4, 0.5) is 0 Å². The lowest BCUT2D eigenvalue weighted by Gasteiger charge is -2.33. The van der Waals surface area contributed by atoms with Crippen LogP contribution in [0.25, 0.3) is 0 Å². The van der Waals surface area contributed by atoms with Crippen LogP contribution in [0.15, 0.2) is 0 Å². The molecule has 4 heteroatoms. The van der Waals surface area contributed by atoms with E-state index in [2.05, 4.69) is 36.3 Å². The second-order valence-electron chi connectivity index (χ2n) is 5.99. The van der Waals surface area contributed by atoms with E-state index in [-0.39, 0.29) is 11.4 Å². The van der Waals surface area contributed by atoms with Crippen molar-refractivity contribution in [1.82, 2.24) is 15.5 Å². The van der Waals surface area contributed by atoms with E-state index in [1.165, 1.54) is 0 Å². The smallest absolute Gasteiger partial charge is 0.217 e. The second kappa shape index (κ2) is 6.36. The Kier molecular flexibility index (Phi) is 5.40. The fourth-order valence-corrected chi connectivity index (χ4v) is 2.18. The largest absolute Gasteiger partial charge is 0.354 e. The normalized spacial score (nSPS) is 19.3. The number of hydrogen-bond donors (Lipinski definition) is 2. The van der Waals surface area contributed by atoms with E-state index in [1.54, 1.807) is 6.92 Å². The lowest BCUT2D eigenvalue weighted by atomic mass is 10.0. The number of carbonyl (C=O) groups is 1. The quantitative estimate of drug-likeness (QED) is 0.771. The first-order valence-electron chi connectivity index (χ1n) is 6.61. The summed E-state index contributed by atoms with van der Waals surface area (Å²) >= 11 is 0. The lowest BCUT2D eigenvalue weighted by molar-refractivity contribution is -0.119. The van der Waals surface area contributed by atoms with Crippen LogP contribution in [0.5, 0.6) is 0 Å². The van der Waals surface area contributed by atoms with Gasteiger partial charge in [0.05, 0.1) is 0 Å². The third kappa shape index (κ3) is 6.64. The summed E-state index contributed by atoms with van der Waals surface area (Å²) in [5.41, 5.74) is 0.203. The van der Waals surface area contributed by atoms with E-state index in [4.69, 9.17) is 0 Å². The first-order chi connectivity index (χ1) is 7.87. The molecule has 0 bridgehead atoms. The average molecular weight is 241 g/mol. The average Bonchev–Trinajstić information content (AvgIpc) is 2.18. The standard InChI is InChI=1S/C13H27N3O/c1-11(17)15-12-5-8-16(9-6-12)10-7-14-13(2,3)4/h12,14H,5-10H2,1-4H3,(H,15,17). The van der Waals surface area contributed by atoms with Crippen LogP contribution in [-0.4, -0.2) is 48.6 Å². The van der Waals surface area contributed by atoms with Gasteiger partial charge in [-0.1, -0.05) is 0 Å². The van der Waals surface area contributed by atoms with Crippen molar-refractivity contribution >= 4 is 5.91 Å². The Bertz CT molecular complexity index is 240. The fourth-order valence-electron chi connectivity index (χ4n) is 2.18. The number of amides is 1. The van der Waals surface area contributed by atoms with Gasteiger partial charge in [0, 0.05) is 44.7 Å². The van der Waals surface area contributed by atoms with Crippen molar-refractivity contribution in [2.75, 3.05) is 26.2 Å². The summed E-state index contributed by atoms with van der Waals surface area (Å²) < 4.78 is 0. The summed E-state index contributed by atoms with van der Waals surface area (Å²) in [6, 6.07) is 0.388. The number of likely N-dealkylation sites (tertiary alicyclic amines) is 1. The van der Waals surface area contributed by atoms with Crippen molar-refractivity contribution in [3.63, 3.8) is 0 Å². The Morgan fingerprint density at radius 1 is 1.29 bits per heavy atom. The van der Waals surface area contributed by atoms with Gasteiger partial charge in [0.15, 0.2) is 0 Å². The maximum Gasteiger partial charge on any atom is 0.217 e. The van der Waals surface area contributed by atoms with Crippen LogP contribution < -0.4 is 10.6 Å². The maximum absolute atomic E-state index is 10.9. The molecule has 2 N–H and O–H groups in total. The van der Waals surface area contributed by atoms with E-state index in [1.807, 2.05) is 0 Å². The molecule has 0 radical (unpaired) electrons. The van der Waals surface area contributed by atoms with Crippen molar-refractivity contribution in [2.24, 2.45) is 0 Å². The van der Waals surface area contributed by atoms with Crippen LogP contribution in [0, 0.1) is 0 Å². The van der Waals surface area contributed by atoms with Gasteiger partial charge in [-0.3, -0.25) is 4.79 Å². The summed E-state index contributed by atoms with van der Waals surface area (Å²) in [4.78, 5) is 13.4. The van der Waals surface area contributed by atoms with Gasteiger partial charge in [-0.05, 0) is 33.6 Å². The van der Waals surface area contributed by atoms with Crippen LogP contribution in [0.2, 0.25) is 0 Å². The summed E-state index contributed by atoms with van der Waals surface area (Å²) in [7, 11) is 0. The predicted octanol–water partition coefficient (Wildman–Crippen LogP) is 0.975. The Balaban J connectivity index is 2.13. The van der Waals surface area contributed by atoms with Gasteiger partial charge in [-0.15, -0.1) is 0 Å². The summed E-state index contributed by atoms with van der Waals surface area (Å²) in [6.45, 7) is 12.5. The van der Waals surface area contributed by atoms with Crippen molar-refractivity contribution in [3.05, 3.63) is 0 Å². The highest BCUT2D eigenvalue weighted by Crippen LogP contribution is 2.09. The Hall–Kier alpha value is -0.610. The van der Waals surface area contributed by atoms with E-state index >= 15 is 0 Å². The highest BCUT2D eigenvalue weighted by atomic mass is 16.1. The molecule has 1 heterocycles. The van der Waals surface area contributed by atoms with E-state index in [0.717, 1.165) is 39.0 Å². The molecule has 1 aliphatic rings. The van der Waals surface area contributed by atoms with E-state index in [0.29, 0.717) is 6.04 Å². The van der Waals surface area contributed by atoms with Crippen LogP contribution >= 0.6 is 0 Å². The molecule has 0 aromatic rings. The zero-order valence-electron chi connectivity index (χ0n) is 11.7. The van der Waals surface area contributed by atoms with Crippen molar-refractivity contribution in [2.45, 2.75) is 52.1 Å². The van der Waals surface area contributed by atoms with Crippen LogP contribution in [0.3, 0.4) is 0 Å². The van der Waals surface area contributed by atoms with Gasteiger partial charge >= 0.3 is 0 Å². The van der Waals surface area contributed by atoms with Gasteiger partial charge < -0.3 is 15.5 Å². The number of piperidine rings is 1. The molecule has 4 nitrogen and oxygen atoms in total. The maximum atomic E-state index is 10.9. The minimum absolute atomic E-state index is 0.0952. The van der Waals surface area contributed by atoms with Crippen LogP contribution in [-0.2, 0) is 4.79 Å². The minimum atomic E-state index is 0.0952.